The van der Waals surface area contributed by atoms with Gasteiger partial charge in [0.15, 0.2) is 0 Å². The van der Waals surface area contributed by atoms with Gasteiger partial charge in [0.1, 0.15) is 0 Å². The molecule has 1 aliphatic heterocycles. The summed E-state index contributed by atoms with van der Waals surface area (Å²) in [6.45, 7) is 5.89. The molecule has 28 heavy (non-hydrogen) atoms. The van der Waals surface area contributed by atoms with Crippen molar-refractivity contribution in [1.82, 2.24) is 9.62 Å². The van der Waals surface area contributed by atoms with Crippen molar-refractivity contribution < 1.29 is 13.2 Å². The number of unbranched alkanes of at least 4 members (excludes halogenated alkanes) is 1. The van der Waals surface area contributed by atoms with Gasteiger partial charge < -0.3 is 5.32 Å². The van der Waals surface area contributed by atoms with Crippen LogP contribution in [0, 0.1) is 11.8 Å². The molecule has 0 aliphatic carbocycles. The van der Waals surface area contributed by atoms with E-state index >= 15 is 0 Å². The number of sulfonamides is 1. The maximum atomic E-state index is 12.8. The van der Waals surface area contributed by atoms with E-state index in [9.17, 15) is 13.2 Å². The standard InChI is InChI=1S/C21H34N2O3S2/c1-4-6-7-17(5-2)16-22-21(24)18-12-14-23(15-13-18)28(25,26)20-10-8-19(27-3)9-11-20/h8-11,17-18H,4-7,12-16H2,1-3H3,(H,22,24). The molecular formula is C21H34N2O3S2. The Balaban J connectivity index is 1.86. The lowest BCUT2D eigenvalue weighted by molar-refractivity contribution is -0.126. The van der Waals surface area contributed by atoms with Crippen molar-refractivity contribution in [3.8, 4) is 0 Å². The molecule has 158 valence electrons. The largest absolute Gasteiger partial charge is 0.356 e. The van der Waals surface area contributed by atoms with Crippen LogP contribution in [0.25, 0.3) is 0 Å². The van der Waals surface area contributed by atoms with Gasteiger partial charge in [-0.25, -0.2) is 8.42 Å². The van der Waals surface area contributed by atoms with Crippen LogP contribution in [0.5, 0.6) is 0 Å². The van der Waals surface area contributed by atoms with E-state index in [-0.39, 0.29) is 11.8 Å². The summed E-state index contributed by atoms with van der Waals surface area (Å²) in [5.74, 6) is 0.527. The first-order valence-electron chi connectivity index (χ1n) is 10.3. The van der Waals surface area contributed by atoms with E-state index in [1.807, 2.05) is 18.4 Å². The number of thioether (sulfide) groups is 1. The van der Waals surface area contributed by atoms with Crippen LogP contribution in [0.15, 0.2) is 34.1 Å². The Morgan fingerprint density at radius 3 is 2.39 bits per heavy atom. The van der Waals surface area contributed by atoms with Crippen molar-refractivity contribution >= 4 is 27.7 Å². The Morgan fingerprint density at radius 1 is 1.21 bits per heavy atom. The summed E-state index contributed by atoms with van der Waals surface area (Å²) < 4.78 is 27.2. The van der Waals surface area contributed by atoms with Gasteiger partial charge in [0, 0.05) is 30.4 Å². The van der Waals surface area contributed by atoms with E-state index in [1.165, 1.54) is 17.1 Å². The predicted molar refractivity (Wildman–Crippen MR) is 116 cm³/mol. The summed E-state index contributed by atoms with van der Waals surface area (Å²) in [5, 5.41) is 3.10. The predicted octanol–water partition coefficient (Wildman–Crippen LogP) is 4.14. The molecule has 7 heteroatoms. The van der Waals surface area contributed by atoms with Crippen molar-refractivity contribution in [2.75, 3.05) is 25.9 Å². The number of piperidine rings is 1. The average Bonchev–Trinajstić information content (AvgIpc) is 2.73. The average molecular weight is 427 g/mol. The molecule has 0 bridgehead atoms. The van der Waals surface area contributed by atoms with Crippen LogP contribution in [0.2, 0.25) is 0 Å². The maximum Gasteiger partial charge on any atom is 0.243 e. The first-order valence-corrected chi connectivity index (χ1v) is 13.0. The third kappa shape index (κ3) is 6.22. The molecule has 1 fully saturated rings. The number of nitrogens with one attached hydrogen (secondary N) is 1. The lowest BCUT2D eigenvalue weighted by atomic mass is 9.95. The van der Waals surface area contributed by atoms with Gasteiger partial charge in [0.05, 0.1) is 4.90 Å². The summed E-state index contributed by atoms with van der Waals surface area (Å²) in [4.78, 5) is 13.9. The second-order valence-electron chi connectivity index (χ2n) is 7.52. The van der Waals surface area contributed by atoms with Gasteiger partial charge in [-0.1, -0.05) is 33.1 Å². The van der Waals surface area contributed by atoms with Gasteiger partial charge in [-0.05, 0) is 55.7 Å². The SMILES string of the molecule is CCCCC(CC)CNC(=O)C1CCN(S(=O)(=O)c2ccc(SC)cc2)CC1. The van der Waals surface area contributed by atoms with Gasteiger partial charge in [0.2, 0.25) is 15.9 Å². The van der Waals surface area contributed by atoms with Gasteiger partial charge in [-0.2, -0.15) is 4.31 Å². The van der Waals surface area contributed by atoms with Crippen LogP contribution in [0.4, 0.5) is 0 Å². The fourth-order valence-electron chi connectivity index (χ4n) is 3.59. The molecule has 1 atom stereocenters. The van der Waals surface area contributed by atoms with E-state index < -0.39 is 10.0 Å². The molecule has 1 aromatic carbocycles. The quantitative estimate of drug-likeness (QED) is 0.571. The van der Waals surface area contributed by atoms with Crippen LogP contribution >= 0.6 is 11.8 Å². The first kappa shape index (κ1) is 23.2. The summed E-state index contributed by atoms with van der Waals surface area (Å²) in [6, 6.07) is 7.00. The fraction of sp³-hybridized carbons (Fsp3) is 0.667. The van der Waals surface area contributed by atoms with Crippen molar-refractivity contribution in [1.29, 1.82) is 0 Å². The Bertz CT molecular complexity index is 712. The Morgan fingerprint density at radius 2 is 1.86 bits per heavy atom. The fourth-order valence-corrected chi connectivity index (χ4v) is 5.47. The Hall–Kier alpha value is -1.05. The molecule has 1 saturated heterocycles. The number of amides is 1. The highest BCUT2D eigenvalue weighted by atomic mass is 32.2. The molecule has 1 amide bonds. The summed E-state index contributed by atoms with van der Waals surface area (Å²) in [6.07, 6.45) is 7.73. The molecular weight excluding hydrogens is 392 g/mol. The summed E-state index contributed by atoms with van der Waals surface area (Å²) >= 11 is 1.59. The van der Waals surface area contributed by atoms with Crippen LogP contribution in [-0.4, -0.2) is 44.5 Å². The van der Waals surface area contributed by atoms with Crippen molar-refractivity contribution in [2.45, 2.75) is 62.2 Å². The van der Waals surface area contributed by atoms with E-state index in [4.69, 9.17) is 0 Å². The molecule has 0 aromatic heterocycles. The van der Waals surface area contributed by atoms with Crippen LogP contribution in [-0.2, 0) is 14.8 Å². The zero-order valence-corrected chi connectivity index (χ0v) is 18.9. The minimum atomic E-state index is -3.48. The molecule has 1 unspecified atom stereocenters. The first-order chi connectivity index (χ1) is 13.4. The number of rotatable bonds is 10. The number of hydrogen-bond acceptors (Lipinski definition) is 4. The zero-order valence-electron chi connectivity index (χ0n) is 17.3. The lowest BCUT2D eigenvalue weighted by Crippen LogP contribution is -2.43. The third-order valence-electron chi connectivity index (χ3n) is 5.63. The summed E-state index contributed by atoms with van der Waals surface area (Å²) in [7, 11) is -3.48. The van der Waals surface area contributed by atoms with Crippen molar-refractivity contribution in [3.05, 3.63) is 24.3 Å². The van der Waals surface area contributed by atoms with Crippen LogP contribution in [0.1, 0.15) is 52.4 Å². The molecule has 1 aliphatic rings. The number of nitrogens with zero attached hydrogens (tertiary/aromatic N) is 1. The highest BCUT2D eigenvalue weighted by Gasteiger charge is 2.32. The van der Waals surface area contributed by atoms with Gasteiger partial charge >= 0.3 is 0 Å². The molecule has 1 N–H and O–H groups in total. The number of hydrogen-bond donors (Lipinski definition) is 1. The number of carbonyl (C=O) groups is 1. The highest BCUT2D eigenvalue weighted by molar-refractivity contribution is 7.98. The highest BCUT2D eigenvalue weighted by Crippen LogP contribution is 2.25. The zero-order chi connectivity index (χ0) is 20.6. The molecule has 0 spiro atoms. The minimum Gasteiger partial charge on any atom is -0.356 e. The van der Waals surface area contributed by atoms with Crippen molar-refractivity contribution in [3.63, 3.8) is 0 Å². The number of carbonyl (C=O) groups excluding carboxylic acids is 1. The molecule has 1 heterocycles. The topological polar surface area (TPSA) is 66.5 Å². The molecule has 0 saturated carbocycles. The molecule has 0 radical (unpaired) electrons. The van der Waals surface area contributed by atoms with E-state index in [0.717, 1.165) is 24.3 Å². The monoisotopic (exact) mass is 426 g/mol. The Labute approximate surface area is 174 Å². The van der Waals surface area contributed by atoms with Crippen LogP contribution in [0.3, 0.4) is 0 Å². The molecule has 5 nitrogen and oxygen atoms in total. The van der Waals surface area contributed by atoms with Gasteiger partial charge in [-0.15, -0.1) is 11.8 Å². The summed E-state index contributed by atoms with van der Waals surface area (Å²) in [5.41, 5.74) is 0. The smallest absolute Gasteiger partial charge is 0.243 e. The van der Waals surface area contributed by atoms with Crippen LogP contribution < -0.4 is 5.32 Å². The normalized spacial score (nSPS) is 17.4. The molecule has 1 aromatic rings. The minimum absolute atomic E-state index is 0.0799. The van der Waals surface area contributed by atoms with Crippen molar-refractivity contribution in [2.24, 2.45) is 11.8 Å². The number of benzene rings is 1. The maximum absolute atomic E-state index is 12.8. The Kier molecular flexibility index (Phi) is 9.31. The van der Waals surface area contributed by atoms with E-state index in [0.29, 0.717) is 36.7 Å². The molecule has 2 rings (SSSR count). The second-order valence-corrected chi connectivity index (χ2v) is 10.3. The van der Waals surface area contributed by atoms with Gasteiger partial charge in [0.25, 0.3) is 0 Å². The lowest BCUT2D eigenvalue weighted by Gasteiger charge is -2.31. The second kappa shape index (κ2) is 11.2. The third-order valence-corrected chi connectivity index (χ3v) is 8.29. The van der Waals surface area contributed by atoms with E-state index in [2.05, 4.69) is 19.2 Å². The van der Waals surface area contributed by atoms with E-state index in [1.54, 1.807) is 23.9 Å². The van der Waals surface area contributed by atoms with Gasteiger partial charge in [-0.3, -0.25) is 4.79 Å².